The summed E-state index contributed by atoms with van der Waals surface area (Å²) in [5.41, 5.74) is 2.07. The van der Waals surface area contributed by atoms with E-state index in [0.717, 1.165) is 31.5 Å². The summed E-state index contributed by atoms with van der Waals surface area (Å²) in [6.07, 6.45) is 3.83. The Labute approximate surface area is 150 Å². The third-order valence-electron chi connectivity index (χ3n) is 4.27. The fraction of sp³-hybridized carbons (Fsp3) is 0.278. The van der Waals surface area contributed by atoms with Crippen LogP contribution in [0.1, 0.15) is 18.6 Å². The van der Waals surface area contributed by atoms with Crippen LogP contribution < -0.4 is 5.32 Å². The Morgan fingerprint density at radius 3 is 3.04 bits per heavy atom. The summed E-state index contributed by atoms with van der Waals surface area (Å²) in [4.78, 5) is 18.8. The van der Waals surface area contributed by atoms with Crippen LogP contribution in [0.25, 0.3) is 17.3 Å². The maximum Gasteiger partial charge on any atom is 0.255 e. The zero-order chi connectivity index (χ0) is 17.2. The highest BCUT2D eigenvalue weighted by molar-refractivity contribution is 6.33. The Morgan fingerprint density at radius 2 is 2.16 bits per heavy atom. The molecular weight excluding hydrogens is 340 g/mol. The third kappa shape index (κ3) is 3.30. The van der Waals surface area contributed by atoms with E-state index in [1.165, 1.54) is 0 Å². The van der Waals surface area contributed by atoms with Crippen molar-refractivity contribution in [2.45, 2.75) is 12.8 Å². The Kier molecular flexibility index (Phi) is 4.28. The Hall–Kier alpha value is -2.60. The molecule has 0 unspecified atom stereocenters. The van der Waals surface area contributed by atoms with Crippen LogP contribution in [-0.2, 0) is 4.79 Å². The van der Waals surface area contributed by atoms with E-state index in [1.807, 2.05) is 18.2 Å². The first kappa shape index (κ1) is 15.9. The summed E-state index contributed by atoms with van der Waals surface area (Å²) >= 11 is 6.19. The first-order valence-corrected chi connectivity index (χ1v) is 8.61. The Morgan fingerprint density at radius 1 is 1.28 bits per heavy atom. The van der Waals surface area contributed by atoms with Crippen molar-refractivity contribution < 1.29 is 9.32 Å². The molecule has 1 amide bonds. The fourth-order valence-electron chi connectivity index (χ4n) is 2.97. The van der Waals surface area contributed by atoms with Gasteiger partial charge in [-0.1, -0.05) is 35.0 Å². The van der Waals surface area contributed by atoms with E-state index in [-0.39, 0.29) is 5.91 Å². The van der Waals surface area contributed by atoms with Crippen molar-refractivity contribution in [1.82, 2.24) is 15.4 Å². The van der Waals surface area contributed by atoms with Crippen LogP contribution in [0.4, 0.5) is 0 Å². The first-order chi connectivity index (χ1) is 12.2. The molecule has 1 N–H and O–H groups in total. The molecule has 0 aliphatic carbocycles. The molecule has 2 aromatic rings. The van der Waals surface area contributed by atoms with Crippen LogP contribution in [0.15, 0.2) is 45.4 Å². The molecule has 0 atom stereocenters. The number of benzene rings is 1. The normalized spacial score (nSPS) is 19.2. The van der Waals surface area contributed by atoms with E-state index in [1.54, 1.807) is 18.2 Å². The maximum absolute atomic E-state index is 12.3. The number of nitrogens with zero attached hydrogens (tertiary/aromatic N) is 3. The average molecular weight is 357 g/mol. The molecule has 128 valence electrons. The molecule has 7 heteroatoms. The van der Waals surface area contributed by atoms with E-state index in [2.05, 4.69) is 20.4 Å². The first-order valence-electron chi connectivity index (χ1n) is 8.23. The maximum atomic E-state index is 12.3. The number of hydrogen-bond donors (Lipinski definition) is 1. The highest BCUT2D eigenvalue weighted by atomic mass is 35.5. The zero-order valence-corrected chi connectivity index (χ0v) is 14.3. The van der Waals surface area contributed by atoms with Gasteiger partial charge in [0.2, 0.25) is 5.96 Å². The summed E-state index contributed by atoms with van der Waals surface area (Å²) in [5.74, 6) is 1.05. The minimum atomic E-state index is -0.146. The summed E-state index contributed by atoms with van der Waals surface area (Å²) in [7, 11) is 0. The van der Waals surface area contributed by atoms with Gasteiger partial charge in [-0.15, -0.1) is 0 Å². The van der Waals surface area contributed by atoms with Crippen molar-refractivity contribution in [3.63, 3.8) is 0 Å². The number of aromatic nitrogens is 1. The predicted octanol–water partition coefficient (Wildman–Crippen LogP) is 2.96. The van der Waals surface area contributed by atoms with Gasteiger partial charge in [0, 0.05) is 30.3 Å². The second-order valence-electron chi connectivity index (χ2n) is 6.05. The lowest BCUT2D eigenvalue weighted by molar-refractivity contribution is -0.117. The van der Waals surface area contributed by atoms with Crippen molar-refractivity contribution in [2.75, 3.05) is 19.6 Å². The van der Waals surface area contributed by atoms with Gasteiger partial charge in [0.1, 0.15) is 5.69 Å². The van der Waals surface area contributed by atoms with E-state index < -0.39 is 0 Å². The Bertz CT molecular complexity index is 871. The second-order valence-corrected chi connectivity index (χ2v) is 6.46. The minimum Gasteiger partial charge on any atom is -0.356 e. The van der Waals surface area contributed by atoms with Gasteiger partial charge >= 0.3 is 0 Å². The standard InChI is InChI=1S/C18H17ClN4O2/c19-15-6-2-1-5-14(15)16-10-13(25-22-16)9-12-11-23-8-4-3-7-20-18(23)21-17(12)24/h1-2,5-6,9-10H,3-4,7-8,11H2,(H,20,21,24)/b12-9-. The van der Waals surface area contributed by atoms with Crippen LogP contribution in [0.2, 0.25) is 5.02 Å². The van der Waals surface area contributed by atoms with Crippen LogP contribution in [0.3, 0.4) is 0 Å². The largest absolute Gasteiger partial charge is 0.356 e. The zero-order valence-electron chi connectivity index (χ0n) is 13.5. The Balaban J connectivity index is 1.59. The van der Waals surface area contributed by atoms with Gasteiger partial charge in [-0.25, -0.2) is 0 Å². The molecule has 0 spiro atoms. The van der Waals surface area contributed by atoms with Gasteiger partial charge in [-0.2, -0.15) is 0 Å². The molecule has 4 rings (SSSR count). The summed E-state index contributed by atoms with van der Waals surface area (Å²) < 4.78 is 5.37. The molecule has 1 saturated heterocycles. The number of halogens is 1. The topological polar surface area (TPSA) is 70.7 Å². The molecule has 2 aliphatic heterocycles. The number of carbonyl (C=O) groups is 1. The van der Waals surface area contributed by atoms with E-state index in [0.29, 0.717) is 34.6 Å². The molecule has 1 aromatic heterocycles. The lowest BCUT2D eigenvalue weighted by Crippen LogP contribution is -2.51. The van der Waals surface area contributed by atoms with Crippen molar-refractivity contribution in [2.24, 2.45) is 4.99 Å². The monoisotopic (exact) mass is 356 g/mol. The number of aliphatic imine (C=N–C) groups is 1. The van der Waals surface area contributed by atoms with Crippen LogP contribution in [-0.4, -0.2) is 41.6 Å². The fourth-order valence-corrected chi connectivity index (χ4v) is 3.21. The lowest BCUT2D eigenvalue weighted by atomic mass is 10.1. The number of nitrogens with one attached hydrogen (secondary N) is 1. The molecule has 1 aromatic carbocycles. The summed E-state index contributed by atoms with van der Waals surface area (Å²) in [5, 5.41) is 7.53. The van der Waals surface area contributed by atoms with Crippen LogP contribution >= 0.6 is 11.6 Å². The minimum absolute atomic E-state index is 0.146. The number of rotatable bonds is 2. The number of fused-ring (bicyclic) bond motifs is 1. The van der Waals surface area contributed by atoms with E-state index in [4.69, 9.17) is 16.1 Å². The summed E-state index contributed by atoms with van der Waals surface area (Å²) in [6, 6.07) is 9.22. The highest BCUT2D eigenvalue weighted by Gasteiger charge is 2.26. The van der Waals surface area contributed by atoms with Crippen molar-refractivity contribution in [3.05, 3.63) is 46.7 Å². The average Bonchev–Trinajstić information content (AvgIpc) is 2.94. The predicted molar refractivity (Wildman–Crippen MR) is 96.2 cm³/mol. The number of guanidine groups is 1. The molecule has 3 heterocycles. The van der Waals surface area contributed by atoms with E-state index >= 15 is 0 Å². The number of carbonyl (C=O) groups excluding carboxylic acids is 1. The van der Waals surface area contributed by atoms with Crippen LogP contribution in [0.5, 0.6) is 0 Å². The summed E-state index contributed by atoms with van der Waals surface area (Å²) in [6.45, 7) is 2.17. The van der Waals surface area contributed by atoms with E-state index in [9.17, 15) is 4.79 Å². The van der Waals surface area contributed by atoms with Gasteiger partial charge in [0.05, 0.1) is 11.6 Å². The lowest BCUT2D eigenvalue weighted by Gasteiger charge is -2.30. The molecule has 25 heavy (non-hydrogen) atoms. The molecule has 0 saturated carbocycles. The van der Waals surface area contributed by atoms with Crippen molar-refractivity contribution in [1.29, 1.82) is 0 Å². The molecule has 0 radical (unpaired) electrons. The van der Waals surface area contributed by atoms with Crippen molar-refractivity contribution in [3.8, 4) is 11.3 Å². The molecule has 6 nitrogen and oxygen atoms in total. The molecular formula is C18H17ClN4O2. The molecule has 2 aliphatic rings. The number of amides is 1. The molecule has 1 fully saturated rings. The second kappa shape index (κ2) is 6.72. The van der Waals surface area contributed by atoms with Gasteiger partial charge in [-0.05, 0) is 25.0 Å². The van der Waals surface area contributed by atoms with Crippen LogP contribution in [0, 0.1) is 0 Å². The molecule has 0 bridgehead atoms. The quantitative estimate of drug-likeness (QED) is 0.840. The van der Waals surface area contributed by atoms with Gasteiger partial charge < -0.3 is 9.42 Å². The highest BCUT2D eigenvalue weighted by Crippen LogP contribution is 2.27. The van der Waals surface area contributed by atoms with Crippen molar-refractivity contribution >= 4 is 29.5 Å². The van der Waals surface area contributed by atoms with Gasteiger partial charge in [0.25, 0.3) is 5.91 Å². The van der Waals surface area contributed by atoms with Gasteiger partial charge in [0.15, 0.2) is 5.76 Å². The third-order valence-corrected chi connectivity index (χ3v) is 4.60. The van der Waals surface area contributed by atoms with Gasteiger partial charge in [-0.3, -0.25) is 15.1 Å². The smallest absolute Gasteiger partial charge is 0.255 e. The SMILES string of the molecule is O=C1NC2=NCCCCN2C/C1=C/c1cc(-c2ccccc2Cl)no1. The number of hydrogen-bond acceptors (Lipinski definition) is 5.